The van der Waals surface area contributed by atoms with E-state index in [4.69, 9.17) is 15.8 Å². The fourth-order valence-corrected chi connectivity index (χ4v) is 6.80. The third kappa shape index (κ3) is 8.25. The maximum Gasteiger partial charge on any atom is 1.00 e. The van der Waals surface area contributed by atoms with E-state index >= 15 is 0 Å². The van der Waals surface area contributed by atoms with Crippen LogP contribution in [0.5, 0.6) is 0 Å². The Morgan fingerprint density at radius 1 is 0.978 bits per heavy atom. The standard InChI is InChI=1S/C38H42N6.CH3.K/c1-3-28(4-2)29-10-13-33(14-11-29)43-23-18-34(19-24-43)42-21-16-30(17-22-42)32-12-15-38(41-27-32)44-25-20-35(39)37(44)26-36(40)31-8-6-5-7-9-31;;/h5-15,20,25-28,30,34,39-40H,1-3,16-19,21-24H2;1H3;/q-2;-1;+1/b37-26+,39-35?,40-36?;;. The zero-order chi connectivity index (χ0) is 30.5. The van der Waals surface area contributed by atoms with Gasteiger partial charge in [0.2, 0.25) is 0 Å². The predicted molar refractivity (Wildman–Crippen MR) is 188 cm³/mol. The first-order chi connectivity index (χ1) is 21.5. The number of allylic oxidation sites excluding steroid dienone is 3. The molecule has 3 aliphatic heterocycles. The zero-order valence-electron chi connectivity index (χ0n) is 27.5. The Hall–Kier alpha value is -2.65. The molecule has 6 nitrogen and oxygen atoms in total. The van der Waals surface area contributed by atoms with E-state index in [2.05, 4.69) is 65.8 Å². The Morgan fingerprint density at radius 3 is 2.28 bits per heavy atom. The number of anilines is 2. The van der Waals surface area contributed by atoms with Crippen molar-refractivity contribution in [3.8, 4) is 0 Å². The van der Waals surface area contributed by atoms with Gasteiger partial charge in [0.15, 0.2) is 0 Å². The van der Waals surface area contributed by atoms with Crippen LogP contribution in [-0.4, -0.2) is 53.5 Å². The van der Waals surface area contributed by atoms with Crippen LogP contribution in [0.1, 0.15) is 60.6 Å². The molecule has 1 atom stereocenters. The number of nitrogens with zero attached hydrogens (tertiary/aromatic N) is 4. The molecule has 234 valence electrons. The summed E-state index contributed by atoms with van der Waals surface area (Å²) in [6.07, 6.45) is 16.0. The summed E-state index contributed by atoms with van der Waals surface area (Å²) < 4.78 is 0. The number of benzene rings is 2. The molecule has 1 aromatic heterocycles. The molecule has 0 bridgehead atoms. The molecule has 3 aromatic rings. The minimum Gasteiger partial charge on any atom is -0.499 e. The average molecular weight is 637 g/mol. The Bertz CT molecular complexity index is 1510. The van der Waals surface area contributed by atoms with Crippen LogP contribution in [0.4, 0.5) is 11.5 Å². The quantitative estimate of drug-likeness (QED) is 0.197. The van der Waals surface area contributed by atoms with Crippen LogP contribution in [0.25, 0.3) is 0 Å². The minimum atomic E-state index is 0. The van der Waals surface area contributed by atoms with Gasteiger partial charge in [0.25, 0.3) is 0 Å². The number of hydrogen-bond acceptors (Lipinski definition) is 6. The minimum absolute atomic E-state index is 0. The van der Waals surface area contributed by atoms with Gasteiger partial charge in [0, 0.05) is 37.2 Å². The van der Waals surface area contributed by atoms with Gasteiger partial charge in [-0.25, -0.2) is 11.4 Å². The van der Waals surface area contributed by atoms with Crippen molar-refractivity contribution in [3.63, 3.8) is 0 Å². The molecule has 7 heteroatoms. The molecule has 2 aromatic carbocycles. The Balaban J connectivity index is 0.00000240. The maximum atomic E-state index is 8.52. The first-order valence-electron chi connectivity index (χ1n) is 15.8. The Morgan fingerprint density at radius 2 is 1.67 bits per heavy atom. The summed E-state index contributed by atoms with van der Waals surface area (Å²) in [6.45, 7) is 12.3. The molecule has 0 amide bonds. The number of likely N-dealkylation sites (tertiary alicyclic amines) is 1. The molecule has 46 heavy (non-hydrogen) atoms. The third-order valence-corrected chi connectivity index (χ3v) is 9.49. The van der Waals surface area contributed by atoms with Crippen molar-refractivity contribution >= 4 is 22.9 Å². The van der Waals surface area contributed by atoms with Crippen LogP contribution in [-0.2, 0) is 0 Å². The second-order valence-electron chi connectivity index (χ2n) is 12.0. The van der Waals surface area contributed by atoms with E-state index in [1.807, 2.05) is 47.6 Å². The first-order valence-corrected chi connectivity index (χ1v) is 15.8. The van der Waals surface area contributed by atoms with Crippen molar-refractivity contribution < 1.29 is 51.4 Å². The number of nitrogens with one attached hydrogen (secondary N) is 2. The van der Waals surface area contributed by atoms with Gasteiger partial charge >= 0.3 is 51.4 Å². The summed E-state index contributed by atoms with van der Waals surface area (Å²) in [5, 5.41) is 16.9. The van der Waals surface area contributed by atoms with E-state index in [1.165, 1.54) is 29.7 Å². The smallest absolute Gasteiger partial charge is 0.499 e. The molecule has 3 aliphatic rings. The van der Waals surface area contributed by atoms with Crippen molar-refractivity contribution in [2.75, 3.05) is 36.0 Å². The van der Waals surface area contributed by atoms with Crippen molar-refractivity contribution in [3.05, 3.63) is 141 Å². The Labute approximate surface area is 318 Å². The molecular formula is C39H45KN6-2. The molecule has 2 fully saturated rings. The van der Waals surface area contributed by atoms with E-state index in [0.29, 0.717) is 29.1 Å². The van der Waals surface area contributed by atoms with Gasteiger partial charge < -0.3 is 35.6 Å². The molecule has 0 saturated carbocycles. The van der Waals surface area contributed by atoms with E-state index in [1.54, 1.807) is 12.2 Å². The Kier molecular flexibility index (Phi) is 13.3. The van der Waals surface area contributed by atoms with Gasteiger partial charge in [-0.2, -0.15) is 5.92 Å². The number of piperidine rings is 2. The summed E-state index contributed by atoms with van der Waals surface area (Å²) in [5.74, 6) is 1.51. The van der Waals surface area contributed by atoms with Crippen LogP contribution in [0.15, 0.2) is 104 Å². The van der Waals surface area contributed by atoms with Gasteiger partial charge in [0.05, 0.1) is 17.1 Å². The topological polar surface area (TPSA) is 70.3 Å². The summed E-state index contributed by atoms with van der Waals surface area (Å²) in [5.41, 5.74) is 6.12. The molecule has 0 spiro atoms. The molecule has 1 unspecified atom stereocenters. The second kappa shape index (κ2) is 17.0. The van der Waals surface area contributed by atoms with Crippen molar-refractivity contribution in [2.45, 2.75) is 50.0 Å². The number of aromatic nitrogens is 1. The molecule has 2 N–H and O–H groups in total. The van der Waals surface area contributed by atoms with Gasteiger partial charge in [-0.15, -0.1) is 0 Å². The van der Waals surface area contributed by atoms with Crippen molar-refractivity contribution in [2.24, 2.45) is 0 Å². The number of rotatable bonds is 9. The second-order valence-corrected chi connectivity index (χ2v) is 12.0. The zero-order valence-corrected chi connectivity index (χ0v) is 30.6. The molecular weight excluding hydrogens is 592 g/mol. The molecule has 0 radical (unpaired) electrons. The van der Waals surface area contributed by atoms with Crippen LogP contribution in [0.2, 0.25) is 0 Å². The average Bonchev–Trinajstić information content (AvgIpc) is 3.45. The van der Waals surface area contributed by atoms with Gasteiger partial charge in [-0.3, -0.25) is 16.9 Å². The fraction of sp³-hybridized carbons (Fsp3) is 0.308. The van der Waals surface area contributed by atoms with Crippen molar-refractivity contribution in [1.29, 1.82) is 10.8 Å². The summed E-state index contributed by atoms with van der Waals surface area (Å²) in [4.78, 5) is 12.0. The summed E-state index contributed by atoms with van der Waals surface area (Å²) in [7, 11) is 0. The normalized spacial score (nSPS) is 19.1. The van der Waals surface area contributed by atoms with E-state index < -0.39 is 0 Å². The fourth-order valence-electron chi connectivity index (χ4n) is 6.80. The molecule has 6 rings (SSSR count). The van der Waals surface area contributed by atoms with Crippen molar-refractivity contribution in [1.82, 2.24) is 9.88 Å². The monoisotopic (exact) mass is 636 g/mol. The largest absolute Gasteiger partial charge is 1.00 e. The van der Waals surface area contributed by atoms with E-state index in [-0.39, 0.29) is 64.7 Å². The van der Waals surface area contributed by atoms with Gasteiger partial charge in [-0.05, 0) is 86.2 Å². The summed E-state index contributed by atoms with van der Waals surface area (Å²) >= 11 is 0. The molecule has 0 aliphatic carbocycles. The van der Waals surface area contributed by atoms with Crippen LogP contribution in [0, 0.1) is 31.2 Å². The SMILES string of the molecule is C=[C-]C(C[CH2-])c1ccc(N2CCC(N3CCC(c4ccc(N5C=CC(=N)/C5=C\C(=N)c5ccccc5)nc4)CC3)CC2)cc1.[CH3-].[K+]. The molecule has 2 saturated heterocycles. The van der Waals surface area contributed by atoms with Gasteiger partial charge in [0.1, 0.15) is 5.82 Å². The van der Waals surface area contributed by atoms with Crippen LogP contribution in [0.3, 0.4) is 0 Å². The van der Waals surface area contributed by atoms with E-state index in [0.717, 1.165) is 56.8 Å². The third-order valence-electron chi connectivity index (χ3n) is 9.49. The first kappa shape index (κ1) is 36.2. The maximum absolute atomic E-state index is 8.52. The van der Waals surface area contributed by atoms with Crippen LogP contribution < -0.4 is 61.2 Å². The van der Waals surface area contributed by atoms with E-state index in [9.17, 15) is 0 Å². The number of pyridine rings is 1. The summed E-state index contributed by atoms with van der Waals surface area (Å²) in [6, 6.07) is 23.5. The molecule has 4 heterocycles. The predicted octanol–water partition coefficient (Wildman–Crippen LogP) is 4.99. The number of hydrogen-bond donors (Lipinski definition) is 2. The van der Waals surface area contributed by atoms with Gasteiger partial charge in [-0.1, -0.05) is 54.1 Å². The van der Waals surface area contributed by atoms with Crippen LogP contribution >= 0.6 is 0 Å².